The Balaban J connectivity index is 1.63. The van der Waals surface area contributed by atoms with Crippen molar-refractivity contribution in [1.29, 1.82) is 0 Å². The van der Waals surface area contributed by atoms with Crippen LogP contribution >= 0.6 is 15.9 Å². The summed E-state index contributed by atoms with van der Waals surface area (Å²) in [5.74, 6) is -0.652. The second-order valence-electron chi connectivity index (χ2n) is 10.6. The lowest BCUT2D eigenvalue weighted by Gasteiger charge is -2.33. The second kappa shape index (κ2) is 14.1. The van der Waals surface area contributed by atoms with Crippen molar-refractivity contribution in [2.75, 3.05) is 17.4 Å². The molecule has 41 heavy (non-hydrogen) atoms. The topological polar surface area (TPSA) is 86.8 Å². The Morgan fingerprint density at radius 3 is 2.20 bits per heavy atom. The third-order valence-corrected chi connectivity index (χ3v) is 9.92. The van der Waals surface area contributed by atoms with Gasteiger partial charge < -0.3 is 10.2 Å². The van der Waals surface area contributed by atoms with E-state index in [2.05, 4.69) is 21.2 Å². The first kappa shape index (κ1) is 30.8. The van der Waals surface area contributed by atoms with Crippen LogP contribution < -0.4 is 9.62 Å². The number of amides is 2. The molecule has 9 heteroatoms. The van der Waals surface area contributed by atoms with Gasteiger partial charge in [-0.2, -0.15) is 0 Å². The van der Waals surface area contributed by atoms with Crippen molar-refractivity contribution in [3.63, 3.8) is 0 Å². The first-order chi connectivity index (χ1) is 19.6. The van der Waals surface area contributed by atoms with Gasteiger partial charge in [-0.3, -0.25) is 13.9 Å². The molecule has 2 amide bonds. The third-order valence-electron chi connectivity index (χ3n) is 7.61. The largest absolute Gasteiger partial charge is 0.352 e. The molecule has 0 radical (unpaired) electrons. The summed E-state index contributed by atoms with van der Waals surface area (Å²) in [5, 5.41) is 3.13. The van der Waals surface area contributed by atoms with E-state index in [9.17, 15) is 18.0 Å². The van der Waals surface area contributed by atoms with Gasteiger partial charge in [-0.05, 0) is 75.1 Å². The molecule has 1 fully saturated rings. The molecule has 1 aliphatic carbocycles. The van der Waals surface area contributed by atoms with E-state index in [4.69, 9.17) is 0 Å². The van der Waals surface area contributed by atoms with E-state index in [1.165, 1.54) is 11.3 Å². The fourth-order valence-electron chi connectivity index (χ4n) is 5.11. The molecule has 1 aliphatic rings. The van der Waals surface area contributed by atoms with Gasteiger partial charge in [0, 0.05) is 17.1 Å². The minimum Gasteiger partial charge on any atom is -0.352 e. The molecule has 7 nitrogen and oxygen atoms in total. The molecule has 1 saturated carbocycles. The quantitative estimate of drug-likeness (QED) is 0.285. The van der Waals surface area contributed by atoms with Gasteiger partial charge in [0.2, 0.25) is 11.8 Å². The maximum Gasteiger partial charge on any atom is 0.264 e. The molecule has 3 aromatic rings. The summed E-state index contributed by atoms with van der Waals surface area (Å²) in [4.78, 5) is 29.0. The predicted octanol–water partition coefficient (Wildman–Crippen LogP) is 5.86. The molecule has 3 aromatic carbocycles. The summed E-state index contributed by atoms with van der Waals surface area (Å²) in [5.41, 5.74) is 2.33. The van der Waals surface area contributed by atoms with Crippen molar-refractivity contribution in [3.05, 3.63) is 94.5 Å². The molecule has 4 rings (SSSR count). The van der Waals surface area contributed by atoms with Gasteiger partial charge in [0.05, 0.1) is 10.6 Å². The second-order valence-corrected chi connectivity index (χ2v) is 13.4. The molecule has 218 valence electrons. The van der Waals surface area contributed by atoms with E-state index in [0.29, 0.717) is 12.1 Å². The van der Waals surface area contributed by atoms with Crippen molar-refractivity contribution < 1.29 is 18.0 Å². The van der Waals surface area contributed by atoms with Crippen LogP contribution in [0.5, 0.6) is 0 Å². The Morgan fingerprint density at radius 2 is 1.56 bits per heavy atom. The van der Waals surface area contributed by atoms with Crippen LogP contribution in [-0.4, -0.2) is 50.3 Å². The molecular weight excluding hydrogens is 602 g/mol. The summed E-state index contributed by atoms with van der Waals surface area (Å²) < 4.78 is 29.7. The molecule has 0 aliphatic heterocycles. The lowest BCUT2D eigenvalue weighted by Crippen LogP contribution is -2.53. The lowest BCUT2D eigenvalue weighted by molar-refractivity contribution is -0.139. The molecule has 1 atom stereocenters. The van der Waals surface area contributed by atoms with Gasteiger partial charge in [-0.15, -0.1) is 0 Å². The first-order valence-electron chi connectivity index (χ1n) is 14.1. The Morgan fingerprint density at radius 1 is 0.927 bits per heavy atom. The molecule has 0 aromatic heterocycles. The first-order valence-corrected chi connectivity index (χ1v) is 16.4. The summed E-state index contributed by atoms with van der Waals surface area (Å²) in [7, 11) is -4.08. The number of benzene rings is 3. The number of aryl methyl sites for hydroxylation is 1. The minimum atomic E-state index is -4.08. The van der Waals surface area contributed by atoms with E-state index in [0.717, 1.165) is 45.6 Å². The summed E-state index contributed by atoms with van der Waals surface area (Å²) in [6.07, 6.45) is 5.73. The maximum absolute atomic E-state index is 14.0. The van der Waals surface area contributed by atoms with Crippen molar-refractivity contribution in [2.45, 2.75) is 69.4 Å². The van der Waals surface area contributed by atoms with E-state index in [1.54, 1.807) is 55.5 Å². The molecule has 1 N–H and O–H groups in total. The van der Waals surface area contributed by atoms with Crippen LogP contribution in [0.2, 0.25) is 0 Å². The zero-order chi connectivity index (χ0) is 29.4. The highest BCUT2D eigenvalue weighted by Crippen LogP contribution is 2.26. The summed E-state index contributed by atoms with van der Waals surface area (Å²) in [6.45, 7) is 3.45. The number of carbonyl (C=O) groups excluding carboxylic acids is 2. The monoisotopic (exact) mass is 639 g/mol. The number of nitrogens with zero attached hydrogens (tertiary/aromatic N) is 2. The Hall–Kier alpha value is -3.17. The number of anilines is 1. The van der Waals surface area contributed by atoms with Crippen LogP contribution in [0.1, 0.15) is 50.2 Å². The number of hydrogen-bond donors (Lipinski definition) is 1. The fourth-order valence-corrected chi connectivity index (χ4v) is 6.79. The van der Waals surface area contributed by atoms with Gasteiger partial charge in [0.1, 0.15) is 12.6 Å². The molecule has 0 saturated heterocycles. The lowest BCUT2D eigenvalue weighted by atomic mass is 9.95. The van der Waals surface area contributed by atoms with Gasteiger partial charge in [0.25, 0.3) is 10.0 Å². The normalized spacial score (nSPS) is 14.7. The molecular formula is C32H38BrN3O4S. The number of halogens is 1. The minimum absolute atomic E-state index is 0.0951. The summed E-state index contributed by atoms with van der Waals surface area (Å²) in [6, 6.07) is 22.5. The van der Waals surface area contributed by atoms with Gasteiger partial charge in [0.15, 0.2) is 0 Å². The average Bonchev–Trinajstić information content (AvgIpc) is 2.97. The predicted molar refractivity (Wildman–Crippen MR) is 166 cm³/mol. The standard InChI is InChI=1S/C32H38BrN3O4S/c1-24-13-19-30(20-14-24)41(39,40)36(29-17-15-27(33)16-18-29)23-31(37)35(22-21-26-9-5-3-6-10-26)25(2)32(38)34-28-11-7-4-8-12-28/h3,5-6,9-10,13-20,25,28H,4,7-8,11-12,21-23H2,1-2H3,(H,34,38). The zero-order valence-electron chi connectivity index (χ0n) is 23.6. The van der Waals surface area contributed by atoms with Crippen molar-refractivity contribution in [1.82, 2.24) is 10.2 Å². The summed E-state index contributed by atoms with van der Waals surface area (Å²) >= 11 is 3.40. The van der Waals surface area contributed by atoms with Crippen LogP contribution in [0, 0.1) is 6.92 Å². The number of sulfonamides is 1. The highest BCUT2D eigenvalue weighted by Gasteiger charge is 2.33. The number of carbonyl (C=O) groups is 2. The van der Waals surface area contributed by atoms with Crippen LogP contribution in [0.4, 0.5) is 5.69 Å². The highest BCUT2D eigenvalue weighted by atomic mass is 79.9. The highest BCUT2D eigenvalue weighted by molar-refractivity contribution is 9.10. The average molecular weight is 641 g/mol. The van der Waals surface area contributed by atoms with Gasteiger partial charge in [-0.1, -0.05) is 83.2 Å². The molecule has 1 unspecified atom stereocenters. The fraction of sp³-hybridized carbons (Fsp3) is 0.375. The zero-order valence-corrected chi connectivity index (χ0v) is 26.0. The smallest absolute Gasteiger partial charge is 0.264 e. The Kier molecular flexibility index (Phi) is 10.6. The third kappa shape index (κ3) is 8.20. The van der Waals surface area contributed by atoms with Crippen LogP contribution in [0.25, 0.3) is 0 Å². The van der Waals surface area contributed by atoms with Crippen LogP contribution in [-0.2, 0) is 26.0 Å². The number of rotatable bonds is 11. The van der Waals surface area contributed by atoms with Gasteiger partial charge >= 0.3 is 0 Å². The van der Waals surface area contributed by atoms with Crippen molar-refractivity contribution >= 4 is 43.5 Å². The van der Waals surface area contributed by atoms with Crippen molar-refractivity contribution in [2.24, 2.45) is 0 Å². The molecule has 0 spiro atoms. The number of nitrogens with one attached hydrogen (secondary N) is 1. The van der Waals surface area contributed by atoms with Crippen molar-refractivity contribution in [3.8, 4) is 0 Å². The van der Waals surface area contributed by atoms with Crippen LogP contribution in [0.15, 0.2) is 88.2 Å². The van der Waals surface area contributed by atoms with E-state index >= 15 is 0 Å². The van der Waals surface area contributed by atoms with E-state index in [1.807, 2.05) is 37.3 Å². The Bertz CT molecular complexity index is 1410. The van der Waals surface area contributed by atoms with E-state index < -0.39 is 28.5 Å². The molecule has 0 bridgehead atoms. The Labute approximate surface area is 252 Å². The number of hydrogen-bond acceptors (Lipinski definition) is 4. The van der Waals surface area contributed by atoms with E-state index in [-0.39, 0.29) is 23.4 Å². The van der Waals surface area contributed by atoms with Crippen LogP contribution in [0.3, 0.4) is 0 Å². The molecule has 0 heterocycles. The SMILES string of the molecule is Cc1ccc(S(=O)(=O)N(CC(=O)N(CCc2ccccc2)C(C)C(=O)NC2CCCCC2)c2ccc(Br)cc2)cc1. The van der Waals surface area contributed by atoms with Gasteiger partial charge in [-0.25, -0.2) is 8.42 Å². The maximum atomic E-state index is 14.0.